The van der Waals surface area contributed by atoms with Crippen molar-refractivity contribution in [1.82, 2.24) is 0 Å². The van der Waals surface area contributed by atoms with Crippen molar-refractivity contribution in [3.63, 3.8) is 0 Å². The van der Waals surface area contributed by atoms with Gasteiger partial charge in [0.15, 0.2) is 5.79 Å². The first kappa shape index (κ1) is 9.17. The molecule has 0 aromatic rings. The number of rotatable bonds is 0. The van der Waals surface area contributed by atoms with Crippen LogP contribution in [0.15, 0.2) is 0 Å². The highest BCUT2D eigenvalue weighted by atomic mass is 16.7. The van der Waals surface area contributed by atoms with Gasteiger partial charge >= 0.3 is 0 Å². The van der Waals surface area contributed by atoms with E-state index in [4.69, 9.17) is 9.47 Å². The Balaban J connectivity index is 1.70. The predicted octanol–water partition coefficient (Wildman–Crippen LogP) is 2.72. The number of hydrogen-bond donors (Lipinski definition) is 0. The summed E-state index contributed by atoms with van der Waals surface area (Å²) in [7, 11) is 0. The Morgan fingerprint density at radius 3 is 2.36 bits per heavy atom. The van der Waals surface area contributed by atoms with Gasteiger partial charge < -0.3 is 9.47 Å². The third kappa shape index (κ3) is 1.49. The Bertz CT molecular complexity index is 208. The first-order valence-corrected chi connectivity index (χ1v) is 6.16. The fourth-order valence-corrected chi connectivity index (χ4v) is 3.60. The maximum absolute atomic E-state index is 5.81. The van der Waals surface area contributed by atoms with Crippen LogP contribution in [0.25, 0.3) is 0 Å². The molecule has 1 heterocycles. The number of fused-ring (bicyclic) bond motifs is 1. The zero-order valence-electron chi connectivity index (χ0n) is 8.84. The molecule has 2 saturated carbocycles. The van der Waals surface area contributed by atoms with Gasteiger partial charge in [-0.25, -0.2) is 0 Å². The average molecular weight is 196 g/mol. The van der Waals surface area contributed by atoms with Gasteiger partial charge in [0.05, 0.1) is 13.2 Å². The van der Waals surface area contributed by atoms with E-state index in [1.54, 1.807) is 0 Å². The fourth-order valence-electron chi connectivity index (χ4n) is 3.60. The van der Waals surface area contributed by atoms with Crippen LogP contribution in [0.3, 0.4) is 0 Å². The Kier molecular flexibility index (Phi) is 2.29. The van der Waals surface area contributed by atoms with E-state index in [1.807, 2.05) is 0 Å². The highest BCUT2D eigenvalue weighted by molar-refractivity contribution is 4.89. The van der Waals surface area contributed by atoms with Crippen molar-refractivity contribution in [3.05, 3.63) is 0 Å². The summed E-state index contributed by atoms with van der Waals surface area (Å²) in [5.74, 6) is 1.75. The van der Waals surface area contributed by atoms with E-state index in [1.165, 1.54) is 38.5 Å². The van der Waals surface area contributed by atoms with Crippen LogP contribution in [-0.2, 0) is 9.47 Å². The van der Waals surface area contributed by atoms with Gasteiger partial charge in [-0.2, -0.15) is 0 Å². The van der Waals surface area contributed by atoms with Gasteiger partial charge in [0.2, 0.25) is 0 Å². The highest BCUT2D eigenvalue weighted by Gasteiger charge is 2.45. The van der Waals surface area contributed by atoms with Crippen LogP contribution in [0.1, 0.15) is 44.9 Å². The van der Waals surface area contributed by atoms with Crippen molar-refractivity contribution in [2.24, 2.45) is 11.8 Å². The maximum atomic E-state index is 5.81. The quantitative estimate of drug-likeness (QED) is 0.593. The molecule has 1 saturated heterocycles. The van der Waals surface area contributed by atoms with Crippen molar-refractivity contribution in [3.8, 4) is 0 Å². The monoisotopic (exact) mass is 196 g/mol. The molecule has 0 N–H and O–H groups in total. The van der Waals surface area contributed by atoms with E-state index in [-0.39, 0.29) is 5.79 Å². The lowest BCUT2D eigenvalue weighted by atomic mass is 9.69. The van der Waals surface area contributed by atoms with Crippen molar-refractivity contribution in [1.29, 1.82) is 0 Å². The van der Waals surface area contributed by atoms with Crippen molar-refractivity contribution in [2.75, 3.05) is 13.2 Å². The van der Waals surface area contributed by atoms with Gasteiger partial charge in [-0.15, -0.1) is 0 Å². The van der Waals surface area contributed by atoms with Crippen molar-refractivity contribution in [2.45, 2.75) is 50.7 Å². The summed E-state index contributed by atoms with van der Waals surface area (Å²) in [6, 6.07) is 0. The van der Waals surface area contributed by atoms with Crippen LogP contribution in [0.2, 0.25) is 0 Å². The van der Waals surface area contributed by atoms with Crippen molar-refractivity contribution >= 4 is 0 Å². The minimum absolute atomic E-state index is 0.140. The summed E-state index contributed by atoms with van der Waals surface area (Å²) >= 11 is 0. The first-order chi connectivity index (χ1) is 6.88. The Morgan fingerprint density at radius 2 is 1.57 bits per heavy atom. The summed E-state index contributed by atoms with van der Waals surface area (Å²) in [5, 5.41) is 0. The van der Waals surface area contributed by atoms with Crippen LogP contribution in [0, 0.1) is 11.8 Å². The van der Waals surface area contributed by atoms with Gasteiger partial charge in [-0.3, -0.25) is 0 Å². The maximum Gasteiger partial charge on any atom is 0.168 e. The molecule has 3 aliphatic rings. The topological polar surface area (TPSA) is 18.5 Å². The van der Waals surface area contributed by atoms with Crippen molar-refractivity contribution < 1.29 is 9.47 Å². The standard InChI is InChI=1S/C12H20O2/c1-2-4-11-9-12(13-7-8-14-12)6-5-10(11)3-1/h10-11H,1-9H2/t10-,11-/m0/s1. The van der Waals surface area contributed by atoms with Crippen LogP contribution in [0.5, 0.6) is 0 Å². The molecule has 2 nitrogen and oxygen atoms in total. The molecule has 0 amide bonds. The molecule has 0 radical (unpaired) electrons. The zero-order valence-corrected chi connectivity index (χ0v) is 8.84. The molecule has 3 fully saturated rings. The second-order valence-electron chi connectivity index (χ2n) is 5.16. The van der Waals surface area contributed by atoms with Gasteiger partial charge in [0.25, 0.3) is 0 Å². The molecule has 0 aromatic carbocycles. The zero-order chi connectivity index (χ0) is 9.43. The Hall–Kier alpha value is -0.0800. The lowest BCUT2D eigenvalue weighted by molar-refractivity contribution is -0.197. The largest absolute Gasteiger partial charge is 0.348 e. The van der Waals surface area contributed by atoms with E-state index >= 15 is 0 Å². The van der Waals surface area contributed by atoms with E-state index in [0.29, 0.717) is 0 Å². The third-order valence-corrected chi connectivity index (χ3v) is 4.35. The number of ether oxygens (including phenoxy) is 2. The first-order valence-electron chi connectivity index (χ1n) is 6.16. The minimum Gasteiger partial charge on any atom is -0.348 e. The molecule has 2 aliphatic carbocycles. The molecule has 2 atom stereocenters. The lowest BCUT2D eigenvalue weighted by Crippen LogP contribution is -2.41. The molecule has 0 aromatic heterocycles. The molecule has 3 rings (SSSR count). The van der Waals surface area contributed by atoms with E-state index in [2.05, 4.69) is 0 Å². The second kappa shape index (κ2) is 3.49. The van der Waals surface area contributed by atoms with Crippen LogP contribution in [0.4, 0.5) is 0 Å². The third-order valence-electron chi connectivity index (χ3n) is 4.35. The molecular weight excluding hydrogens is 176 g/mol. The molecule has 0 bridgehead atoms. The summed E-state index contributed by atoms with van der Waals surface area (Å²) in [5.41, 5.74) is 0. The Morgan fingerprint density at radius 1 is 0.857 bits per heavy atom. The summed E-state index contributed by atoms with van der Waals surface area (Å²) < 4.78 is 11.6. The smallest absolute Gasteiger partial charge is 0.168 e. The SMILES string of the molecule is C1CC[C@H]2CC3(CC[C@@H]2C1)OCCO3. The van der Waals surface area contributed by atoms with Crippen LogP contribution < -0.4 is 0 Å². The summed E-state index contributed by atoms with van der Waals surface area (Å²) in [4.78, 5) is 0. The minimum atomic E-state index is -0.140. The molecular formula is C12H20O2. The highest BCUT2D eigenvalue weighted by Crippen LogP contribution is 2.47. The van der Waals surface area contributed by atoms with Gasteiger partial charge in [-0.05, 0) is 24.7 Å². The molecule has 0 unspecified atom stereocenters. The van der Waals surface area contributed by atoms with E-state index in [0.717, 1.165) is 31.5 Å². The van der Waals surface area contributed by atoms with E-state index in [9.17, 15) is 0 Å². The molecule has 14 heavy (non-hydrogen) atoms. The number of hydrogen-bond acceptors (Lipinski definition) is 2. The molecule has 1 spiro atoms. The Labute approximate surface area is 86.0 Å². The fraction of sp³-hybridized carbons (Fsp3) is 1.00. The lowest BCUT2D eigenvalue weighted by Gasteiger charge is -2.43. The van der Waals surface area contributed by atoms with Crippen LogP contribution >= 0.6 is 0 Å². The molecule has 2 heteroatoms. The average Bonchev–Trinajstić information content (AvgIpc) is 2.66. The van der Waals surface area contributed by atoms with Gasteiger partial charge in [0, 0.05) is 12.8 Å². The van der Waals surface area contributed by atoms with Gasteiger partial charge in [0.1, 0.15) is 0 Å². The second-order valence-corrected chi connectivity index (χ2v) is 5.16. The summed E-state index contributed by atoms with van der Waals surface area (Å²) in [6.07, 6.45) is 9.42. The molecule has 80 valence electrons. The van der Waals surface area contributed by atoms with Gasteiger partial charge in [-0.1, -0.05) is 19.3 Å². The predicted molar refractivity (Wildman–Crippen MR) is 53.9 cm³/mol. The van der Waals surface area contributed by atoms with E-state index < -0.39 is 0 Å². The summed E-state index contributed by atoms with van der Waals surface area (Å²) in [6.45, 7) is 1.63. The molecule has 1 aliphatic heterocycles. The normalized spacial score (nSPS) is 41.1. The van der Waals surface area contributed by atoms with Crippen LogP contribution in [-0.4, -0.2) is 19.0 Å².